The van der Waals surface area contributed by atoms with E-state index in [0.717, 1.165) is 12.8 Å². The summed E-state index contributed by atoms with van der Waals surface area (Å²) in [4.78, 5) is 36.2. The summed E-state index contributed by atoms with van der Waals surface area (Å²) < 4.78 is 5.32. The van der Waals surface area contributed by atoms with Crippen molar-refractivity contribution in [1.82, 2.24) is 0 Å². The summed E-state index contributed by atoms with van der Waals surface area (Å²) in [5.74, 6) is -1.17. The number of ketones is 1. The first-order chi connectivity index (χ1) is 18.0. The summed E-state index contributed by atoms with van der Waals surface area (Å²) in [5, 5.41) is 11.7. The molecule has 0 aliphatic heterocycles. The van der Waals surface area contributed by atoms with Gasteiger partial charge in [-0.2, -0.15) is 0 Å². The van der Waals surface area contributed by atoms with E-state index in [1.54, 1.807) is 30.3 Å². The van der Waals surface area contributed by atoms with E-state index < -0.39 is 22.4 Å². The van der Waals surface area contributed by atoms with Crippen molar-refractivity contribution in [3.05, 3.63) is 69.8 Å². The van der Waals surface area contributed by atoms with Gasteiger partial charge in [-0.15, -0.1) is 0 Å². The van der Waals surface area contributed by atoms with E-state index in [-0.39, 0.29) is 17.7 Å². The number of nitrogens with zero attached hydrogens (tertiary/aromatic N) is 1. The summed E-state index contributed by atoms with van der Waals surface area (Å²) >= 11 is 0. The number of hydrogen-bond acceptors (Lipinski definition) is 5. The Balaban J connectivity index is 1.64. The second kappa shape index (κ2) is 18.3. The lowest BCUT2D eigenvalue weighted by molar-refractivity contribution is -0.385. The summed E-state index contributed by atoms with van der Waals surface area (Å²) in [6.45, 7) is 2.25. The number of unbranched alkanes of at least 4 members (excludes halogenated alkanes) is 14. The molecule has 0 spiro atoms. The van der Waals surface area contributed by atoms with Gasteiger partial charge in [0.2, 0.25) is 5.75 Å². The van der Waals surface area contributed by atoms with Crippen LogP contribution in [-0.2, 0) is 4.79 Å². The number of nitro benzene ring substituents is 1. The summed E-state index contributed by atoms with van der Waals surface area (Å²) in [6, 6.07) is 12.6. The summed E-state index contributed by atoms with van der Waals surface area (Å²) in [5.41, 5.74) is -0.221. The quantitative estimate of drug-likeness (QED) is 0.0444. The lowest BCUT2D eigenvalue weighted by Crippen LogP contribution is -2.12. The van der Waals surface area contributed by atoms with Crippen molar-refractivity contribution in [3.63, 3.8) is 0 Å². The highest BCUT2D eigenvalue weighted by molar-refractivity contribution is 6.12. The van der Waals surface area contributed by atoms with E-state index in [2.05, 4.69) is 6.92 Å². The van der Waals surface area contributed by atoms with Crippen molar-refractivity contribution in [2.75, 3.05) is 0 Å². The molecule has 0 aliphatic rings. The van der Waals surface area contributed by atoms with Crippen molar-refractivity contribution in [1.29, 1.82) is 0 Å². The van der Waals surface area contributed by atoms with Crippen LogP contribution < -0.4 is 4.74 Å². The molecule has 37 heavy (non-hydrogen) atoms. The third kappa shape index (κ3) is 11.7. The number of carbonyl (C=O) groups excluding carboxylic acids is 2. The van der Waals surface area contributed by atoms with Crippen LogP contribution in [0.2, 0.25) is 0 Å². The first kappa shape index (κ1) is 30.2. The van der Waals surface area contributed by atoms with Crippen molar-refractivity contribution in [3.8, 4) is 5.75 Å². The second-order valence-corrected chi connectivity index (χ2v) is 9.78. The third-order valence-corrected chi connectivity index (χ3v) is 6.67. The Morgan fingerprint density at radius 2 is 1.22 bits per heavy atom. The zero-order valence-corrected chi connectivity index (χ0v) is 22.4. The van der Waals surface area contributed by atoms with Crippen LogP contribution in [0.1, 0.15) is 126 Å². The van der Waals surface area contributed by atoms with Gasteiger partial charge in [-0.1, -0.05) is 133 Å². The van der Waals surface area contributed by atoms with Crippen LogP contribution >= 0.6 is 0 Å². The molecule has 2 rings (SSSR count). The maximum absolute atomic E-state index is 12.8. The molecule has 2 aromatic carbocycles. The Kier molecular flexibility index (Phi) is 14.9. The van der Waals surface area contributed by atoms with Crippen LogP contribution in [0.3, 0.4) is 0 Å². The minimum Gasteiger partial charge on any atom is -0.419 e. The average molecular weight is 510 g/mol. The van der Waals surface area contributed by atoms with Gasteiger partial charge in [0.15, 0.2) is 5.78 Å². The number of rotatable bonds is 20. The van der Waals surface area contributed by atoms with Crippen molar-refractivity contribution in [2.45, 2.75) is 110 Å². The molecule has 0 fully saturated rings. The number of carbonyl (C=O) groups is 2. The van der Waals surface area contributed by atoms with E-state index in [0.29, 0.717) is 12.0 Å². The minimum atomic E-state index is -0.660. The maximum Gasteiger partial charge on any atom is 0.322 e. The number of esters is 1. The van der Waals surface area contributed by atoms with Gasteiger partial charge in [0.05, 0.1) is 4.92 Å². The zero-order valence-electron chi connectivity index (χ0n) is 22.4. The highest BCUT2D eigenvalue weighted by Gasteiger charge is 2.27. The van der Waals surface area contributed by atoms with E-state index in [1.165, 1.54) is 95.2 Å². The molecular formula is C31H43NO5. The van der Waals surface area contributed by atoms with Gasteiger partial charge in [0, 0.05) is 12.0 Å². The molecule has 0 heterocycles. The van der Waals surface area contributed by atoms with Gasteiger partial charge >= 0.3 is 11.7 Å². The van der Waals surface area contributed by atoms with Crippen molar-refractivity contribution < 1.29 is 19.2 Å². The first-order valence-corrected chi connectivity index (χ1v) is 14.1. The van der Waals surface area contributed by atoms with Crippen LogP contribution in [0.15, 0.2) is 48.5 Å². The highest BCUT2D eigenvalue weighted by Crippen LogP contribution is 2.32. The molecule has 0 aromatic heterocycles. The molecule has 0 atom stereocenters. The highest BCUT2D eigenvalue weighted by atomic mass is 16.6. The zero-order chi connectivity index (χ0) is 26.7. The predicted molar refractivity (Wildman–Crippen MR) is 148 cm³/mol. The summed E-state index contributed by atoms with van der Waals surface area (Å²) in [7, 11) is 0. The van der Waals surface area contributed by atoms with E-state index in [1.807, 2.05) is 0 Å². The predicted octanol–water partition coefficient (Wildman–Crippen LogP) is 8.99. The molecule has 0 bridgehead atoms. The molecule has 6 nitrogen and oxygen atoms in total. The molecule has 0 saturated carbocycles. The number of para-hydroxylation sites is 1. The normalized spacial score (nSPS) is 10.8. The van der Waals surface area contributed by atoms with Crippen molar-refractivity contribution in [2.24, 2.45) is 0 Å². The smallest absolute Gasteiger partial charge is 0.322 e. The van der Waals surface area contributed by atoms with Crippen LogP contribution in [0, 0.1) is 10.1 Å². The Morgan fingerprint density at radius 1 is 0.703 bits per heavy atom. The molecular weight excluding hydrogens is 466 g/mol. The molecule has 0 N–H and O–H groups in total. The van der Waals surface area contributed by atoms with Gasteiger partial charge in [0.25, 0.3) is 0 Å². The molecule has 6 heteroatoms. The Bertz CT molecular complexity index is 957. The fraction of sp³-hybridized carbons (Fsp3) is 0.548. The number of benzene rings is 2. The van der Waals surface area contributed by atoms with Gasteiger partial charge in [-0.25, -0.2) is 0 Å². The van der Waals surface area contributed by atoms with Crippen LogP contribution in [0.4, 0.5) is 5.69 Å². The van der Waals surface area contributed by atoms with Gasteiger partial charge in [-0.3, -0.25) is 19.7 Å². The lowest BCUT2D eigenvalue weighted by atomic mass is 10.0. The summed E-state index contributed by atoms with van der Waals surface area (Å²) in [6.07, 6.45) is 18.8. The lowest BCUT2D eigenvalue weighted by Gasteiger charge is -2.08. The Morgan fingerprint density at radius 3 is 1.73 bits per heavy atom. The molecule has 0 amide bonds. The monoisotopic (exact) mass is 509 g/mol. The first-order valence-electron chi connectivity index (χ1n) is 14.1. The molecule has 202 valence electrons. The fourth-order valence-corrected chi connectivity index (χ4v) is 4.54. The van der Waals surface area contributed by atoms with Gasteiger partial charge in [-0.05, 0) is 18.6 Å². The minimum absolute atomic E-state index is 0.0894. The molecule has 0 saturated heterocycles. The number of hydrogen-bond donors (Lipinski definition) is 0. The maximum atomic E-state index is 12.8. The van der Waals surface area contributed by atoms with Crippen LogP contribution in [0.25, 0.3) is 0 Å². The average Bonchev–Trinajstić information content (AvgIpc) is 2.90. The topological polar surface area (TPSA) is 86.5 Å². The second-order valence-electron chi connectivity index (χ2n) is 9.78. The van der Waals surface area contributed by atoms with E-state index in [4.69, 9.17) is 4.74 Å². The molecule has 2 aromatic rings. The largest absolute Gasteiger partial charge is 0.419 e. The molecule has 0 aliphatic carbocycles. The van der Waals surface area contributed by atoms with E-state index >= 15 is 0 Å². The third-order valence-electron chi connectivity index (χ3n) is 6.67. The van der Waals surface area contributed by atoms with Crippen LogP contribution in [0.5, 0.6) is 5.75 Å². The van der Waals surface area contributed by atoms with Gasteiger partial charge in [0.1, 0.15) is 5.56 Å². The molecule has 0 radical (unpaired) electrons. The molecule has 0 unspecified atom stereocenters. The number of nitro groups is 1. The Hall–Kier alpha value is -3.02. The van der Waals surface area contributed by atoms with E-state index in [9.17, 15) is 19.7 Å². The van der Waals surface area contributed by atoms with Gasteiger partial charge < -0.3 is 4.74 Å². The number of ether oxygens (including phenoxy) is 1. The SMILES string of the molecule is CCCCCCCCCCCCCCCCCC(=O)Oc1cccc(C(=O)c2ccccc2)c1[N+](=O)[O-]. The fourth-order valence-electron chi connectivity index (χ4n) is 4.54. The Labute approximate surface area is 222 Å². The standard InChI is InChI=1S/C31H43NO5/c1-2-3-4-5-6-7-8-9-10-11-12-13-14-15-19-25-29(33)37-28-24-20-23-27(30(28)32(35)36)31(34)26-21-17-16-18-22-26/h16-18,20-24H,2-15,19,25H2,1H3. The van der Waals surface area contributed by atoms with Crippen LogP contribution in [-0.4, -0.2) is 16.7 Å². The van der Waals surface area contributed by atoms with Crippen molar-refractivity contribution >= 4 is 17.4 Å².